The maximum absolute atomic E-state index is 12.7. The van der Waals surface area contributed by atoms with Gasteiger partial charge in [-0.1, -0.05) is 0 Å². The molecule has 0 aliphatic carbocycles. The molecule has 0 bridgehead atoms. The molecule has 7 heteroatoms. The number of amides is 2. The molecular formula is C14H20N2O4S. The third kappa shape index (κ3) is 4.17. The summed E-state index contributed by atoms with van der Waals surface area (Å²) in [6.07, 6.45) is 1.58. The number of nitrogens with zero attached hydrogens (tertiary/aromatic N) is 2. The second-order valence-corrected chi connectivity index (χ2v) is 6.05. The highest BCUT2D eigenvalue weighted by Crippen LogP contribution is 2.21. The molecule has 0 aromatic carbocycles. The van der Waals surface area contributed by atoms with Crippen molar-refractivity contribution < 1.29 is 19.1 Å². The maximum atomic E-state index is 12.7. The van der Waals surface area contributed by atoms with Gasteiger partial charge in [0, 0.05) is 24.6 Å². The van der Waals surface area contributed by atoms with Gasteiger partial charge in [0.25, 0.3) is 0 Å². The van der Waals surface area contributed by atoms with E-state index in [0.717, 1.165) is 11.5 Å². The number of urea groups is 1. The Labute approximate surface area is 128 Å². The zero-order chi connectivity index (χ0) is 15.2. The summed E-state index contributed by atoms with van der Waals surface area (Å²) in [6.45, 7) is 3.47. The standard InChI is InChI=1S/C14H20N2O4S/c1-2-15(9-12-4-3-6-20-12)14(19)16-5-7-21-10-11(16)8-13(17)18/h3-4,6,11H,2,5,7-10H2,1H3,(H,17,18). The number of carboxylic acids is 1. The molecule has 1 fully saturated rings. The van der Waals surface area contributed by atoms with Crippen LogP contribution in [0, 0.1) is 0 Å². The normalized spacial score (nSPS) is 18.5. The lowest BCUT2D eigenvalue weighted by Gasteiger charge is -2.37. The van der Waals surface area contributed by atoms with E-state index in [-0.39, 0.29) is 18.5 Å². The van der Waals surface area contributed by atoms with Gasteiger partial charge in [0.2, 0.25) is 0 Å². The first kappa shape index (κ1) is 15.8. The highest BCUT2D eigenvalue weighted by Gasteiger charge is 2.31. The van der Waals surface area contributed by atoms with Gasteiger partial charge < -0.3 is 19.3 Å². The highest BCUT2D eigenvalue weighted by molar-refractivity contribution is 7.99. The van der Waals surface area contributed by atoms with Gasteiger partial charge in [-0.2, -0.15) is 11.8 Å². The van der Waals surface area contributed by atoms with Crippen LogP contribution >= 0.6 is 11.8 Å². The Balaban J connectivity index is 2.05. The molecule has 0 spiro atoms. The average Bonchev–Trinajstić information content (AvgIpc) is 2.97. The van der Waals surface area contributed by atoms with Crippen LogP contribution in [0.25, 0.3) is 0 Å². The van der Waals surface area contributed by atoms with Crippen LogP contribution < -0.4 is 0 Å². The molecule has 1 aromatic heterocycles. The fourth-order valence-electron chi connectivity index (χ4n) is 2.36. The zero-order valence-corrected chi connectivity index (χ0v) is 12.8. The quantitative estimate of drug-likeness (QED) is 0.901. The smallest absolute Gasteiger partial charge is 0.320 e. The van der Waals surface area contributed by atoms with Gasteiger partial charge in [-0.3, -0.25) is 4.79 Å². The number of carbonyl (C=O) groups excluding carboxylic acids is 1. The molecule has 1 aliphatic rings. The van der Waals surface area contributed by atoms with E-state index >= 15 is 0 Å². The molecule has 21 heavy (non-hydrogen) atoms. The van der Waals surface area contributed by atoms with E-state index in [1.54, 1.807) is 33.9 Å². The number of hydrogen-bond acceptors (Lipinski definition) is 4. The van der Waals surface area contributed by atoms with E-state index in [1.165, 1.54) is 0 Å². The minimum atomic E-state index is -0.866. The van der Waals surface area contributed by atoms with Gasteiger partial charge in [0.1, 0.15) is 5.76 Å². The van der Waals surface area contributed by atoms with Crippen LogP contribution in [0.2, 0.25) is 0 Å². The van der Waals surface area contributed by atoms with Gasteiger partial charge in [-0.05, 0) is 19.1 Å². The molecule has 1 aromatic rings. The van der Waals surface area contributed by atoms with E-state index in [4.69, 9.17) is 9.52 Å². The van der Waals surface area contributed by atoms with Crippen molar-refractivity contribution in [1.82, 2.24) is 9.80 Å². The lowest BCUT2D eigenvalue weighted by molar-refractivity contribution is -0.138. The predicted octanol–water partition coefficient (Wildman–Crippen LogP) is 2.11. The summed E-state index contributed by atoms with van der Waals surface area (Å²) in [5.74, 6) is 1.39. The van der Waals surface area contributed by atoms with E-state index < -0.39 is 5.97 Å². The predicted molar refractivity (Wildman–Crippen MR) is 80.3 cm³/mol. The molecule has 0 saturated carbocycles. The van der Waals surface area contributed by atoms with Crippen molar-refractivity contribution in [3.05, 3.63) is 24.2 Å². The summed E-state index contributed by atoms with van der Waals surface area (Å²) >= 11 is 1.70. The van der Waals surface area contributed by atoms with Crippen LogP contribution in [0.1, 0.15) is 19.1 Å². The summed E-state index contributed by atoms with van der Waals surface area (Å²) in [6, 6.07) is 3.27. The SMILES string of the molecule is CCN(Cc1ccco1)C(=O)N1CCSCC1CC(=O)O. The molecule has 116 valence electrons. The first-order valence-electron chi connectivity index (χ1n) is 6.99. The molecular weight excluding hydrogens is 292 g/mol. The first-order valence-corrected chi connectivity index (χ1v) is 8.14. The Bertz CT molecular complexity index is 477. The molecule has 2 heterocycles. The number of aliphatic carboxylic acids is 1. The maximum Gasteiger partial charge on any atom is 0.320 e. The minimum absolute atomic E-state index is 0.00293. The number of carboxylic acid groups (broad SMARTS) is 1. The monoisotopic (exact) mass is 312 g/mol. The Morgan fingerprint density at radius 1 is 1.57 bits per heavy atom. The molecule has 1 unspecified atom stereocenters. The number of furan rings is 1. The first-order chi connectivity index (χ1) is 10.1. The number of rotatable bonds is 5. The van der Waals surface area contributed by atoms with E-state index in [9.17, 15) is 9.59 Å². The summed E-state index contributed by atoms with van der Waals surface area (Å²) in [4.78, 5) is 27.0. The zero-order valence-electron chi connectivity index (χ0n) is 12.0. The molecule has 1 aliphatic heterocycles. The van der Waals surface area contributed by atoms with Crippen molar-refractivity contribution >= 4 is 23.8 Å². The molecule has 2 amide bonds. The summed E-state index contributed by atoms with van der Waals surface area (Å²) in [5, 5.41) is 8.99. The fraction of sp³-hybridized carbons (Fsp3) is 0.571. The van der Waals surface area contributed by atoms with Crippen LogP contribution in [-0.2, 0) is 11.3 Å². The summed E-state index contributed by atoms with van der Waals surface area (Å²) in [7, 11) is 0. The number of thioether (sulfide) groups is 1. The van der Waals surface area contributed by atoms with Crippen molar-refractivity contribution in [3.8, 4) is 0 Å². The van der Waals surface area contributed by atoms with Crippen LogP contribution in [0.15, 0.2) is 22.8 Å². The van der Waals surface area contributed by atoms with Crippen LogP contribution in [0.4, 0.5) is 4.79 Å². The van der Waals surface area contributed by atoms with Crippen molar-refractivity contribution in [3.63, 3.8) is 0 Å². The van der Waals surface area contributed by atoms with E-state index in [2.05, 4.69) is 0 Å². The van der Waals surface area contributed by atoms with Crippen LogP contribution in [-0.4, -0.2) is 57.5 Å². The molecule has 1 saturated heterocycles. The van der Waals surface area contributed by atoms with Crippen LogP contribution in [0.3, 0.4) is 0 Å². The number of hydrogen-bond donors (Lipinski definition) is 1. The molecule has 6 nitrogen and oxygen atoms in total. The second kappa shape index (κ2) is 7.40. The second-order valence-electron chi connectivity index (χ2n) is 4.90. The van der Waals surface area contributed by atoms with Gasteiger partial charge in [0.05, 0.1) is 25.3 Å². The Morgan fingerprint density at radius 2 is 2.38 bits per heavy atom. The Kier molecular flexibility index (Phi) is 5.55. The molecule has 1 N–H and O–H groups in total. The van der Waals surface area contributed by atoms with Gasteiger partial charge in [-0.15, -0.1) is 0 Å². The Morgan fingerprint density at radius 3 is 3.00 bits per heavy atom. The van der Waals surface area contributed by atoms with Crippen molar-refractivity contribution in [2.24, 2.45) is 0 Å². The minimum Gasteiger partial charge on any atom is -0.481 e. The third-order valence-corrected chi connectivity index (χ3v) is 4.55. The lowest BCUT2D eigenvalue weighted by Crippen LogP contribution is -2.52. The highest BCUT2D eigenvalue weighted by atomic mass is 32.2. The average molecular weight is 312 g/mol. The van der Waals surface area contributed by atoms with E-state index in [0.29, 0.717) is 25.4 Å². The van der Waals surface area contributed by atoms with Crippen molar-refractivity contribution in [2.45, 2.75) is 25.9 Å². The van der Waals surface area contributed by atoms with Gasteiger partial charge in [-0.25, -0.2) is 4.79 Å². The third-order valence-electron chi connectivity index (χ3n) is 3.46. The summed E-state index contributed by atoms with van der Waals surface area (Å²) < 4.78 is 5.28. The number of carbonyl (C=O) groups is 2. The topological polar surface area (TPSA) is 74.0 Å². The van der Waals surface area contributed by atoms with Crippen molar-refractivity contribution in [1.29, 1.82) is 0 Å². The Hall–Kier alpha value is -1.63. The molecule has 2 rings (SSSR count). The lowest BCUT2D eigenvalue weighted by atomic mass is 10.2. The van der Waals surface area contributed by atoms with Gasteiger partial charge >= 0.3 is 12.0 Å². The molecule has 1 atom stereocenters. The van der Waals surface area contributed by atoms with Crippen LogP contribution in [0.5, 0.6) is 0 Å². The van der Waals surface area contributed by atoms with Gasteiger partial charge in [0.15, 0.2) is 0 Å². The largest absolute Gasteiger partial charge is 0.481 e. The molecule has 0 radical (unpaired) electrons. The fourth-order valence-corrected chi connectivity index (χ4v) is 3.43. The van der Waals surface area contributed by atoms with E-state index in [1.807, 2.05) is 13.0 Å². The van der Waals surface area contributed by atoms with Crippen molar-refractivity contribution in [2.75, 3.05) is 24.6 Å². The summed E-state index contributed by atoms with van der Waals surface area (Å²) in [5.41, 5.74) is 0.